The molecule has 7 nitrogen and oxygen atoms in total. The van der Waals surface area contributed by atoms with Gasteiger partial charge in [0.1, 0.15) is 6.73 Å². The number of benzene rings is 3. The highest BCUT2D eigenvalue weighted by atomic mass is 28.3. The van der Waals surface area contributed by atoms with Crippen molar-refractivity contribution in [2.75, 3.05) is 18.6 Å². The van der Waals surface area contributed by atoms with E-state index in [2.05, 4.69) is 50.0 Å². The van der Waals surface area contributed by atoms with Gasteiger partial charge < -0.3 is 9.64 Å². The molecule has 4 rings (SSSR count). The first-order valence-corrected chi connectivity index (χ1v) is 15.7. The second kappa shape index (κ2) is 10.9. The van der Waals surface area contributed by atoms with Crippen LogP contribution in [0.1, 0.15) is 11.3 Å². The molecule has 3 aromatic carbocycles. The minimum Gasteiger partial charge on any atom is -0.360 e. The van der Waals surface area contributed by atoms with Crippen molar-refractivity contribution >= 4 is 48.2 Å². The molecule has 0 saturated carbocycles. The molecule has 0 fully saturated rings. The summed E-state index contributed by atoms with van der Waals surface area (Å²) in [5, 5.41) is 17.1. The van der Waals surface area contributed by atoms with E-state index in [4.69, 9.17) is 9.84 Å². The number of fused-ring (bicyclic) bond motifs is 1. The predicted molar refractivity (Wildman–Crippen MR) is 150 cm³/mol. The zero-order chi connectivity index (χ0) is 25.7. The molecule has 0 radical (unpaired) electrons. The third kappa shape index (κ3) is 6.27. The van der Waals surface area contributed by atoms with Crippen LogP contribution < -0.4 is 4.90 Å². The van der Waals surface area contributed by atoms with Gasteiger partial charge in [0.15, 0.2) is 0 Å². The maximum Gasteiger partial charge on any atom is 0.271 e. The van der Waals surface area contributed by atoms with Gasteiger partial charge in [-0.1, -0.05) is 62.1 Å². The highest BCUT2D eigenvalue weighted by molar-refractivity contribution is 6.76. The van der Waals surface area contributed by atoms with Crippen molar-refractivity contribution in [3.63, 3.8) is 0 Å². The van der Waals surface area contributed by atoms with Gasteiger partial charge >= 0.3 is 0 Å². The van der Waals surface area contributed by atoms with Gasteiger partial charge in [-0.2, -0.15) is 5.10 Å². The number of hydrogen-bond donors (Lipinski definition) is 0. The Hall–Kier alpha value is -3.75. The SMILES string of the molecule is CN(c1cccc([N+](=O)[O-])c1)c1ccc2c(/C=C/c3ccccc3)nn(COCC[Si](C)(C)C)c2c1. The smallest absolute Gasteiger partial charge is 0.271 e. The van der Waals surface area contributed by atoms with Gasteiger partial charge in [0.2, 0.25) is 0 Å². The lowest BCUT2D eigenvalue weighted by atomic mass is 10.1. The van der Waals surface area contributed by atoms with Crippen LogP contribution in [0.25, 0.3) is 23.1 Å². The molecule has 0 aliphatic carbocycles. The van der Waals surface area contributed by atoms with Gasteiger partial charge in [0, 0.05) is 50.6 Å². The molecule has 0 bridgehead atoms. The Kier molecular flexibility index (Phi) is 7.66. The van der Waals surface area contributed by atoms with Crippen molar-refractivity contribution in [1.29, 1.82) is 0 Å². The van der Waals surface area contributed by atoms with E-state index in [1.54, 1.807) is 12.1 Å². The van der Waals surface area contributed by atoms with Crippen LogP contribution in [-0.2, 0) is 11.5 Å². The Morgan fingerprint density at radius 1 is 1.00 bits per heavy atom. The second-order valence-corrected chi connectivity index (χ2v) is 15.6. The maximum absolute atomic E-state index is 11.2. The summed E-state index contributed by atoms with van der Waals surface area (Å²) in [7, 11) is 0.716. The number of nitro benzene ring substituents is 1. The fraction of sp³-hybridized carbons (Fsp3) is 0.250. The van der Waals surface area contributed by atoms with E-state index < -0.39 is 8.07 Å². The molecule has 0 amide bonds. The monoisotopic (exact) mass is 500 g/mol. The van der Waals surface area contributed by atoms with E-state index in [1.807, 2.05) is 53.0 Å². The third-order valence-corrected chi connectivity index (χ3v) is 7.73. The quantitative estimate of drug-likeness (QED) is 0.0996. The van der Waals surface area contributed by atoms with Crippen molar-refractivity contribution in [1.82, 2.24) is 9.78 Å². The standard InChI is InChI=1S/C28H32N4O3Si/c1-30(23-11-8-12-25(19-23)32(33)34)24-14-15-26-27(16-13-22-9-6-5-7-10-22)29-31(28(26)20-24)21-35-17-18-36(2,3)4/h5-16,19-20H,17-18,21H2,1-4H3/b16-13+. The molecule has 0 atom stereocenters. The van der Waals surface area contributed by atoms with Crippen molar-refractivity contribution < 1.29 is 9.66 Å². The lowest BCUT2D eigenvalue weighted by Crippen LogP contribution is -2.22. The lowest BCUT2D eigenvalue weighted by Gasteiger charge is -2.20. The molecule has 1 heterocycles. The lowest BCUT2D eigenvalue weighted by molar-refractivity contribution is -0.384. The summed E-state index contributed by atoms with van der Waals surface area (Å²) in [6.07, 6.45) is 4.08. The van der Waals surface area contributed by atoms with Crippen LogP contribution in [0.15, 0.2) is 72.8 Å². The summed E-state index contributed by atoms with van der Waals surface area (Å²) < 4.78 is 7.93. The summed E-state index contributed by atoms with van der Waals surface area (Å²) in [4.78, 5) is 12.8. The van der Waals surface area contributed by atoms with Crippen LogP contribution in [-0.4, -0.2) is 36.4 Å². The predicted octanol–water partition coefficient (Wildman–Crippen LogP) is 7.20. The largest absolute Gasteiger partial charge is 0.360 e. The Bertz CT molecular complexity index is 1380. The zero-order valence-corrected chi connectivity index (χ0v) is 22.2. The molecule has 36 heavy (non-hydrogen) atoms. The van der Waals surface area contributed by atoms with E-state index in [1.165, 1.54) is 6.07 Å². The Morgan fingerprint density at radius 2 is 1.75 bits per heavy atom. The number of non-ortho nitro benzene ring substituents is 1. The molecule has 8 heteroatoms. The minimum absolute atomic E-state index is 0.0644. The first kappa shape index (κ1) is 25.3. The van der Waals surface area contributed by atoms with Gasteiger partial charge in [-0.15, -0.1) is 0 Å². The number of nitro groups is 1. The Morgan fingerprint density at radius 3 is 2.47 bits per heavy atom. The average Bonchev–Trinajstić information content (AvgIpc) is 3.22. The Labute approximate surface area is 212 Å². The topological polar surface area (TPSA) is 73.4 Å². The molecule has 0 saturated heterocycles. The second-order valence-electron chi connectivity index (χ2n) is 10.0. The summed E-state index contributed by atoms with van der Waals surface area (Å²) in [6.45, 7) is 8.08. The van der Waals surface area contributed by atoms with Crippen LogP contribution in [0, 0.1) is 10.1 Å². The molecule has 0 unspecified atom stereocenters. The molecule has 0 aliphatic rings. The molecule has 0 aliphatic heterocycles. The number of hydrogen-bond acceptors (Lipinski definition) is 5. The van der Waals surface area contributed by atoms with Crippen LogP contribution in [0.5, 0.6) is 0 Å². The normalized spacial score (nSPS) is 11.9. The van der Waals surface area contributed by atoms with Gasteiger partial charge in [0.05, 0.1) is 16.1 Å². The first-order valence-electron chi connectivity index (χ1n) is 12.0. The van der Waals surface area contributed by atoms with Crippen LogP contribution in [0.2, 0.25) is 25.7 Å². The van der Waals surface area contributed by atoms with Gasteiger partial charge in [-0.25, -0.2) is 4.68 Å². The van der Waals surface area contributed by atoms with E-state index in [0.29, 0.717) is 13.3 Å². The number of ether oxygens (including phenoxy) is 1. The van der Waals surface area contributed by atoms with Crippen LogP contribution in [0.3, 0.4) is 0 Å². The maximum atomic E-state index is 11.2. The number of aromatic nitrogens is 2. The summed E-state index contributed by atoms with van der Waals surface area (Å²) in [6, 6.07) is 24.0. The van der Waals surface area contributed by atoms with Crippen LogP contribution in [0.4, 0.5) is 17.1 Å². The van der Waals surface area contributed by atoms with E-state index in [0.717, 1.165) is 39.6 Å². The minimum atomic E-state index is -1.19. The third-order valence-electron chi connectivity index (χ3n) is 6.02. The van der Waals surface area contributed by atoms with Crippen molar-refractivity contribution in [2.45, 2.75) is 32.4 Å². The Balaban J connectivity index is 1.67. The number of rotatable bonds is 10. The van der Waals surface area contributed by atoms with Crippen molar-refractivity contribution in [3.05, 3.63) is 94.2 Å². The number of nitrogens with zero attached hydrogens (tertiary/aromatic N) is 4. The molecular weight excluding hydrogens is 468 g/mol. The molecular formula is C28H32N4O3Si. The summed E-state index contributed by atoms with van der Waals surface area (Å²) in [5.41, 5.74) is 4.64. The fourth-order valence-corrected chi connectivity index (χ4v) is 4.61. The van der Waals surface area contributed by atoms with Gasteiger partial charge in [-0.3, -0.25) is 10.1 Å². The van der Waals surface area contributed by atoms with Gasteiger partial charge in [0.25, 0.3) is 5.69 Å². The summed E-state index contributed by atoms with van der Waals surface area (Å²) >= 11 is 0. The summed E-state index contributed by atoms with van der Waals surface area (Å²) in [5.74, 6) is 0. The highest BCUT2D eigenvalue weighted by Gasteiger charge is 2.15. The zero-order valence-electron chi connectivity index (χ0n) is 21.2. The first-order chi connectivity index (χ1) is 17.2. The van der Waals surface area contributed by atoms with Crippen molar-refractivity contribution in [2.24, 2.45) is 0 Å². The molecule has 1 aromatic heterocycles. The van der Waals surface area contributed by atoms with Crippen molar-refractivity contribution in [3.8, 4) is 0 Å². The van der Waals surface area contributed by atoms with Gasteiger partial charge in [-0.05, 0) is 41.9 Å². The average molecular weight is 501 g/mol. The van der Waals surface area contributed by atoms with Crippen LogP contribution >= 0.6 is 0 Å². The fourth-order valence-electron chi connectivity index (χ4n) is 3.85. The molecule has 0 N–H and O–H groups in total. The molecule has 0 spiro atoms. The number of anilines is 2. The highest BCUT2D eigenvalue weighted by Crippen LogP contribution is 2.31. The van der Waals surface area contributed by atoms with E-state index in [-0.39, 0.29) is 10.6 Å². The molecule has 186 valence electrons. The van der Waals surface area contributed by atoms with E-state index in [9.17, 15) is 10.1 Å². The molecule has 4 aromatic rings. The van der Waals surface area contributed by atoms with E-state index >= 15 is 0 Å².